The fourth-order valence-corrected chi connectivity index (χ4v) is 3.43. The van der Waals surface area contributed by atoms with Gasteiger partial charge in [-0.3, -0.25) is 4.90 Å². The second-order valence-corrected chi connectivity index (χ2v) is 5.66. The molecular formula is C14H17ClFN. The van der Waals surface area contributed by atoms with Gasteiger partial charge in [-0.2, -0.15) is 0 Å². The van der Waals surface area contributed by atoms with Crippen LogP contribution < -0.4 is 0 Å². The van der Waals surface area contributed by atoms with Crippen molar-refractivity contribution in [2.45, 2.75) is 37.6 Å². The summed E-state index contributed by atoms with van der Waals surface area (Å²) in [5.74, 6) is 0.259. The molecule has 1 aromatic rings. The number of hydrogen-bond acceptors (Lipinski definition) is 1. The van der Waals surface area contributed by atoms with Gasteiger partial charge in [0.1, 0.15) is 5.82 Å². The lowest BCUT2D eigenvalue weighted by Gasteiger charge is -2.43. The molecule has 2 fully saturated rings. The van der Waals surface area contributed by atoms with Crippen molar-refractivity contribution < 1.29 is 4.39 Å². The summed E-state index contributed by atoms with van der Waals surface area (Å²) in [5, 5.41) is 0.584. The molecule has 0 atom stereocenters. The van der Waals surface area contributed by atoms with Gasteiger partial charge in [-0.05, 0) is 30.5 Å². The molecule has 2 aliphatic rings. The molecule has 1 aliphatic carbocycles. The molecule has 3 heteroatoms. The number of hydrogen-bond donors (Lipinski definition) is 0. The van der Waals surface area contributed by atoms with E-state index < -0.39 is 0 Å². The lowest BCUT2D eigenvalue weighted by molar-refractivity contribution is 0.0943. The van der Waals surface area contributed by atoms with Gasteiger partial charge in [0.25, 0.3) is 0 Å². The summed E-state index contributed by atoms with van der Waals surface area (Å²) in [4.78, 5) is 2.55. The third-order valence-corrected chi connectivity index (χ3v) is 4.48. The highest BCUT2D eigenvalue weighted by molar-refractivity contribution is 6.31. The summed E-state index contributed by atoms with van der Waals surface area (Å²) in [6.07, 6.45) is 5.46. The summed E-state index contributed by atoms with van der Waals surface area (Å²) in [6, 6.07) is 5.58. The van der Waals surface area contributed by atoms with Crippen LogP contribution in [0.15, 0.2) is 18.2 Å². The molecule has 3 rings (SSSR count). The molecule has 92 valence electrons. The monoisotopic (exact) mass is 253 g/mol. The fourth-order valence-electron chi connectivity index (χ4n) is 3.11. The zero-order valence-electron chi connectivity index (χ0n) is 9.83. The quantitative estimate of drug-likeness (QED) is 0.775. The van der Waals surface area contributed by atoms with E-state index in [-0.39, 0.29) is 5.82 Å². The maximum absolute atomic E-state index is 13.0. The minimum atomic E-state index is -0.245. The van der Waals surface area contributed by atoms with E-state index in [1.165, 1.54) is 37.8 Å². The summed E-state index contributed by atoms with van der Waals surface area (Å²) in [7, 11) is 0. The second kappa shape index (κ2) is 4.58. The molecule has 0 spiro atoms. The van der Waals surface area contributed by atoms with Gasteiger partial charge in [0.05, 0.1) is 0 Å². The van der Waals surface area contributed by atoms with Gasteiger partial charge in [-0.15, -0.1) is 0 Å². The SMILES string of the molecule is Fc1ccc(C2CN(C3CCCC3)C2)c(Cl)c1. The Bertz CT molecular complexity index is 409. The Kier molecular flexibility index (Phi) is 3.10. The van der Waals surface area contributed by atoms with E-state index in [0.29, 0.717) is 10.9 Å². The fraction of sp³-hybridized carbons (Fsp3) is 0.571. The zero-order chi connectivity index (χ0) is 11.8. The molecule has 0 amide bonds. The van der Waals surface area contributed by atoms with Crippen molar-refractivity contribution in [3.05, 3.63) is 34.6 Å². The minimum Gasteiger partial charge on any atom is -0.299 e. The van der Waals surface area contributed by atoms with E-state index in [1.54, 1.807) is 0 Å². The van der Waals surface area contributed by atoms with E-state index in [4.69, 9.17) is 11.6 Å². The number of likely N-dealkylation sites (tertiary alicyclic amines) is 1. The highest BCUT2D eigenvalue weighted by Crippen LogP contribution is 2.36. The zero-order valence-corrected chi connectivity index (χ0v) is 10.6. The Balaban J connectivity index is 1.64. The normalized spacial score (nSPS) is 22.9. The summed E-state index contributed by atoms with van der Waals surface area (Å²) in [6.45, 7) is 2.19. The minimum absolute atomic E-state index is 0.245. The molecule has 0 unspecified atom stereocenters. The lowest BCUT2D eigenvalue weighted by Crippen LogP contribution is -2.49. The molecule has 1 saturated carbocycles. The van der Waals surface area contributed by atoms with Gasteiger partial charge in [-0.1, -0.05) is 30.5 Å². The van der Waals surface area contributed by atoms with E-state index in [2.05, 4.69) is 4.90 Å². The van der Waals surface area contributed by atoms with Crippen LogP contribution in [0.25, 0.3) is 0 Å². The van der Waals surface area contributed by atoms with Crippen LogP contribution in [-0.4, -0.2) is 24.0 Å². The van der Waals surface area contributed by atoms with Gasteiger partial charge < -0.3 is 0 Å². The maximum atomic E-state index is 13.0. The molecular weight excluding hydrogens is 237 g/mol. The molecule has 0 bridgehead atoms. The molecule has 0 radical (unpaired) electrons. The molecule has 1 aliphatic heterocycles. The van der Waals surface area contributed by atoms with Crippen LogP contribution >= 0.6 is 11.6 Å². The van der Waals surface area contributed by atoms with Crippen molar-refractivity contribution in [2.75, 3.05) is 13.1 Å². The average molecular weight is 254 g/mol. The summed E-state index contributed by atoms with van der Waals surface area (Å²) in [5.41, 5.74) is 1.11. The Hall–Kier alpha value is -0.600. The summed E-state index contributed by atoms with van der Waals surface area (Å²) >= 11 is 6.09. The summed E-state index contributed by atoms with van der Waals surface area (Å²) < 4.78 is 13.0. The predicted octanol–water partition coefficient (Wildman–Crippen LogP) is 3.82. The molecule has 17 heavy (non-hydrogen) atoms. The van der Waals surface area contributed by atoms with Crippen LogP contribution in [-0.2, 0) is 0 Å². The van der Waals surface area contributed by atoms with E-state index in [0.717, 1.165) is 24.7 Å². The van der Waals surface area contributed by atoms with Crippen LogP contribution in [0.2, 0.25) is 5.02 Å². The largest absolute Gasteiger partial charge is 0.299 e. The third-order valence-electron chi connectivity index (χ3n) is 4.15. The molecule has 1 saturated heterocycles. The van der Waals surface area contributed by atoms with Crippen LogP contribution in [0.3, 0.4) is 0 Å². The van der Waals surface area contributed by atoms with Crippen molar-refractivity contribution in [2.24, 2.45) is 0 Å². The van der Waals surface area contributed by atoms with E-state index in [1.807, 2.05) is 6.07 Å². The van der Waals surface area contributed by atoms with E-state index >= 15 is 0 Å². The first-order chi connectivity index (χ1) is 8.24. The smallest absolute Gasteiger partial charge is 0.124 e. The van der Waals surface area contributed by atoms with Gasteiger partial charge in [0.15, 0.2) is 0 Å². The molecule has 0 N–H and O–H groups in total. The first-order valence-electron chi connectivity index (χ1n) is 6.43. The van der Waals surface area contributed by atoms with Crippen molar-refractivity contribution >= 4 is 11.6 Å². The highest BCUT2D eigenvalue weighted by atomic mass is 35.5. The number of halogens is 2. The molecule has 0 aromatic heterocycles. The van der Waals surface area contributed by atoms with Crippen LogP contribution in [0.1, 0.15) is 37.2 Å². The number of rotatable bonds is 2. The predicted molar refractivity (Wildman–Crippen MR) is 68.0 cm³/mol. The van der Waals surface area contributed by atoms with Crippen LogP contribution in [0.5, 0.6) is 0 Å². The Morgan fingerprint density at radius 1 is 1.18 bits per heavy atom. The van der Waals surface area contributed by atoms with Crippen molar-refractivity contribution in [1.82, 2.24) is 4.90 Å². The van der Waals surface area contributed by atoms with Crippen LogP contribution in [0.4, 0.5) is 4.39 Å². The van der Waals surface area contributed by atoms with Crippen molar-refractivity contribution in [1.29, 1.82) is 0 Å². The Morgan fingerprint density at radius 2 is 1.88 bits per heavy atom. The highest BCUT2D eigenvalue weighted by Gasteiger charge is 2.35. The Morgan fingerprint density at radius 3 is 2.53 bits per heavy atom. The van der Waals surface area contributed by atoms with Gasteiger partial charge >= 0.3 is 0 Å². The number of nitrogens with zero attached hydrogens (tertiary/aromatic N) is 1. The second-order valence-electron chi connectivity index (χ2n) is 5.25. The van der Waals surface area contributed by atoms with Crippen LogP contribution in [0, 0.1) is 5.82 Å². The van der Waals surface area contributed by atoms with Gasteiger partial charge in [-0.25, -0.2) is 4.39 Å². The van der Waals surface area contributed by atoms with Gasteiger partial charge in [0, 0.05) is 30.1 Å². The molecule has 1 heterocycles. The molecule has 1 aromatic carbocycles. The number of benzene rings is 1. The third kappa shape index (κ3) is 2.21. The van der Waals surface area contributed by atoms with E-state index in [9.17, 15) is 4.39 Å². The first kappa shape index (κ1) is 11.5. The lowest BCUT2D eigenvalue weighted by atomic mass is 9.89. The first-order valence-corrected chi connectivity index (χ1v) is 6.81. The maximum Gasteiger partial charge on any atom is 0.124 e. The molecule has 1 nitrogen and oxygen atoms in total. The van der Waals surface area contributed by atoms with Crippen molar-refractivity contribution in [3.63, 3.8) is 0 Å². The van der Waals surface area contributed by atoms with Crippen molar-refractivity contribution in [3.8, 4) is 0 Å². The topological polar surface area (TPSA) is 3.24 Å². The van der Waals surface area contributed by atoms with Gasteiger partial charge in [0.2, 0.25) is 0 Å². The average Bonchev–Trinajstić information content (AvgIpc) is 2.72. The Labute approximate surface area is 107 Å². The standard InChI is InChI=1S/C14H17ClFN/c15-14-7-11(16)5-6-13(14)10-8-17(9-10)12-3-1-2-4-12/h5-7,10,12H,1-4,8-9H2.